The Balaban J connectivity index is 2.29. The summed E-state index contributed by atoms with van der Waals surface area (Å²) >= 11 is 0. The number of halogens is 1. The Hall–Kier alpha value is -1.09. The lowest BCUT2D eigenvalue weighted by Gasteiger charge is -2.14. The van der Waals surface area contributed by atoms with Crippen molar-refractivity contribution in [3.63, 3.8) is 0 Å². The number of hydrogen-bond acceptors (Lipinski definition) is 2. The van der Waals surface area contributed by atoms with Gasteiger partial charge in [0.2, 0.25) is 0 Å². The molecule has 1 aromatic carbocycles. The monoisotopic (exact) mass is 253 g/mol. The van der Waals surface area contributed by atoms with Crippen LogP contribution in [-0.2, 0) is 6.54 Å². The maximum Gasteiger partial charge on any atom is 0.165 e. The second-order valence-electron chi connectivity index (χ2n) is 5.39. The lowest BCUT2D eigenvalue weighted by molar-refractivity contribution is 0.430. The molecule has 0 aliphatic rings. The molecule has 3 heteroatoms. The molecular formula is C15H24FNO. The molecule has 1 rings (SSSR count). The van der Waals surface area contributed by atoms with E-state index in [1.54, 1.807) is 6.07 Å². The number of phenolic OH excluding ortho intramolecular Hbond substituents is 1. The van der Waals surface area contributed by atoms with Crippen molar-refractivity contribution in [1.82, 2.24) is 5.32 Å². The van der Waals surface area contributed by atoms with Gasteiger partial charge in [-0.15, -0.1) is 0 Å². The van der Waals surface area contributed by atoms with E-state index in [4.69, 9.17) is 5.11 Å². The summed E-state index contributed by atoms with van der Waals surface area (Å²) in [6, 6.07) is 4.95. The third kappa shape index (κ3) is 5.50. The van der Waals surface area contributed by atoms with E-state index in [1.165, 1.54) is 25.0 Å². The van der Waals surface area contributed by atoms with Crippen molar-refractivity contribution in [2.75, 3.05) is 0 Å². The number of hydrogen-bond donors (Lipinski definition) is 2. The van der Waals surface area contributed by atoms with Gasteiger partial charge >= 0.3 is 0 Å². The molecule has 0 saturated carbocycles. The molecule has 1 unspecified atom stereocenters. The van der Waals surface area contributed by atoms with Gasteiger partial charge in [-0.3, -0.25) is 0 Å². The molecule has 0 aliphatic carbocycles. The van der Waals surface area contributed by atoms with Gasteiger partial charge in [-0.1, -0.05) is 32.8 Å². The van der Waals surface area contributed by atoms with Crippen LogP contribution in [0.15, 0.2) is 18.2 Å². The molecule has 0 amide bonds. The topological polar surface area (TPSA) is 32.3 Å². The lowest BCUT2D eigenvalue weighted by atomic mass is 10.0. The summed E-state index contributed by atoms with van der Waals surface area (Å²) in [5.41, 5.74) is 0.862. The summed E-state index contributed by atoms with van der Waals surface area (Å²) in [5, 5.41) is 12.5. The van der Waals surface area contributed by atoms with Gasteiger partial charge in [0.05, 0.1) is 0 Å². The highest BCUT2D eigenvalue weighted by molar-refractivity contribution is 5.27. The van der Waals surface area contributed by atoms with Gasteiger partial charge in [0.15, 0.2) is 11.6 Å². The van der Waals surface area contributed by atoms with Crippen LogP contribution in [0.1, 0.15) is 45.6 Å². The number of benzene rings is 1. The van der Waals surface area contributed by atoms with E-state index in [9.17, 15) is 4.39 Å². The minimum absolute atomic E-state index is 0.288. The van der Waals surface area contributed by atoms with Crippen LogP contribution in [0.3, 0.4) is 0 Å². The molecule has 0 heterocycles. The molecule has 0 saturated heterocycles. The quantitative estimate of drug-likeness (QED) is 0.774. The van der Waals surface area contributed by atoms with Gasteiger partial charge < -0.3 is 10.4 Å². The van der Waals surface area contributed by atoms with Gasteiger partial charge in [-0.2, -0.15) is 0 Å². The van der Waals surface area contributed by atoms with Crippen molar-refractivity contribution < 1.29 is 9.50 Å². The average Bonchev–Trinajstić information content (AvgIpc) is 2.30. The maximum absolute atomic E-state index is 13.1. The predicted octanol–water partition coefficient (Wildman–Crippen LogP) is 3.84. The van der Waals surface area contributed by atoms with E-state index in [1.807, 2.05) is 0 Å². The van der Waals surface area contributed by atoms with E-state index >= 15 is 0 Å². The minimum Gasteiger partial charge on any atom is -0.505 e. The highest BCUT2D eigenvalue weighted by Crippen LogP contribution is 2.16. The summed E-state index contributed by atoms with van der Waals surface area (Å²) in [6.07, 6.45) is 3.61. The first-order valence-corrected chi connectivity index (χ1v) is 6.69. The van der Waals surface area contributed by atoms with Crippen molar-refractivity contribution in [3.8, 4) is 5.75 Å². The smallest absolute Gasteiger partial charge is 0.165 e. The Labute approximate surface area is 109 Å². The molecule has 0 spiro atoms. The van der Waals surface area contributed by atoms with Crippen molar-refractivity contribution in [2.24, 2.45) is 5.92 Å². The average molecular weight is 253 g/mol. The van der Waals surface area contributed by atoms with Gasteiger partial charge in [-0.25, -0.2) is 4.39 Å². The van der Waals surface area contributed by atoms with E-state index in [-0.39, 0.29) is 5.75 Å². The van der Waals surface area contributed by atoms with Crippen LogP contribution in [0.4, 0.5) is 4.39 Å². The largest absolute Gasteiger partial charge is 0.505 e. The van der Waals surface area contributed by atoms with Crippen LogP contribution in [0, 0.1) is 11.7 Å². The van der Waals surface area contributed by atoms with Crippen LogP contribution in [0.5, 0.6) is 5.75 Å². The SMILES string of the molecule is CC(C)CCCC(C)NCc1ccc(O)c(F)c1. The number of phenols is 1. The van der Waals surface area contributed by atoms with Crippen molar-refractivity contribution in [1.29, 1.82) is 0 Å². The van der Waals surface area contributed by atoms with Gasteiger partial charge in [0.25, 0.3) is 0 Å². The van der Waals surface area contributed by atoms with Gasteiger partial charge in [0.1, 0.15) is 0 Å². The molecule has 0 radical (unpaired) electrons. The Morgan fingerprint density at radius 3 is 2.56 bits per heavy atom. The molecule has 1 atom stereocenters. The third-order valence-electron chi connectivity index (χ3n) is 3.09. The summed E-state index contributed by atoms with van der Waals surface area (Å²) in [4.78, 5) is 0. The van der Waals surface area contributed by atoms with E-state index < -0.39 is 5.82 Å². The molecule has 18 heavy (non-hydrogen) atoms. The fourth-order valence-corrected chi connectivity index (χ4v) is 1.89. The van der Waals surface area contributed by atoms with E-state index in [2.05, 4.69) is 26.1 Å². The Morgan fingerprint density at radius 1 is 1.22 bits per heavy atom. The number of aromatic hydroxyl groups is 1. The fourth-order valence-electron chi connectivity index (χ4n) is 1.89. The zero-order chi connectivity index (χ0) is 13.5. The van der Waals surface area contributed by atoms with Crippen LogP contribution in [-0.4, -0.2) is 11.1 Å². The fraction of sp³-hybridized carbons (Fsp3) is 0.600. The molecule has 2 N–H and O–H groups in total. The second-order valence-corrected chi connectivity index (χ2v) is 5.39. The molecule has 2 nitrogen and oxygen atoms in total. The highest BCUT2D eigenvalue weighted by atomic mass is 19.1. The summed E-state index contributed by atoms with van der Waals surface area (Å²) < 4.78 is 13.1. The molecule has 1 aromatic rings. The summed E-state index contributed by atoms with van der Waals surface area (Å²) in [6.45, 7) is 7.26. The molecule has 0 aliphatic heterocycles. The van der Waals surface area contributed by atoms with Crippen molar-refractivity contribution in [2.45, 2.75) is 52.6 Å². The second kappa shape index (κ2) is 7.37. The van der Waals surface area contributed by atoms with Crippen molar-refractivity contribution >= 4 is 0 Å². The summed E-state index contributed by atoms with van der Waals surface area (Å²) in [5.74, 6) is -0.0890. The van der Waals surface area contributed by atoms with Crippen molar-refractivity contribution in [3.05, 3.63) is 29.6 Å². The standard InChI is InChI=1S/C15H24FNO/c1-11(2)5-4-6-12(3)17-10-13-7-8-15(18)14(16)9-13/h7-9,11-12,17-18H,4-6,10H2,1-3H3. The first-order valence-electron chi connectivity index (χ1n) is 6.69. The van der Waals surface area contributed by atoms with E-state index in [0.717, 1.165) is 17.9 Å². The van der Waals surface area contributed by atoms with Crippen LogP contribution in [0.2, 0.25) is 0 Å². The number of rotatable bonds is 7. The molecular weight excluding hydrogens is 229 g/mol. The minimum atomic E-state index is -0.554. The van der Waals surface area contributed by atoms with Crippen LogP contribution >= 0.6 is 0 Å². The van der Waals surface area contributed by atoms with Gasteiger partial charge in [-0.05, 0) is 37.0 Å². The third-order valence-corrected chi connectivity index (χ3v) is 3.09. The van der Waals surface area contributed by atoms with Gasteiger partial charge in [0, 0.05) is 12.6 Å². The molecule has 0 aromatic heterocycles. The summed E-state index contributed by atoms with van der Waals surface area (Å²) in [7, 11) is 0. The zero-order valence-corrected chi connectivity index (χ0v) is 11.5. The first-order chi connectivity index (χ1) is 8.49. The Bertz CT molecular complexity index is 366. The Morgan fingerprint density at radius 2 is 1.94 bits per heavy atom. The maximum atomic E-state index is 13.1. The Kier molecular flexibility index (Phi) is 6.13. The molecule has 0 bridgehead atoms. The normalized spacial score (nSPS) is 12.9. The molecule has 0 fully saturated rings. The van der Waals surface area contributed by atoms with Crippen LogP contribution < -0.4 is 5.32 Å². The first kappa shape index (κ1) is 15.0. The lowest BCUT2D eigenvalue weighted by Crippen LogP contribution is -2.25. The van der Waals surface area contributed by atoms with Crippen LogP contribution in [0.25, 0.3) is 0 Å². The number of nitrogens with one attached hydrogen (secondary N) is 1. The van der Waals surface area contributed by atoms with E-state index in [0.29, 0.717) is 12.6 Å². The molecule has 102 valence electrons. The zero-order valence-electron chi connectivity index (χ0n) is 11.5. The highest BCUT2D eigenvalue weighted by Gasteiger charge is 2.05. The predicted molar refractivity (Wildman–Crippen MR) is 73.1 cm³/mol.